The predicted octanol–water partition coefficient (Wildman–Crippen LogP) is -1.37. The molecule has 1 aliphatic heterocycles. The zero-order chi connectivity index (χ0) is 5.33. The Morgan fingerprint density at radius 3 is 1.62 bits per heavy atom. The molecule has 0 bridgehead atoms. The van der Waals surface area contributed by atoms with E-state index in [1.165, 1.54) is 0 Å². The summed E-state index contributed by atoms with van der Waals surface area (Å²) in [5.74, 6) is 0. The van der Waals surface area contributed by atoms with E-state index in [4.69, 9.17) is 0 Å². The third kappa shape index (κ3) is 2.16. The van der Waals surface area contributed by atoms with Crippen LogP contribution in [-0.2, 0) is 18.8 Å². The average Bonchev–Trinajstić information content (AvgIpc) is 1.84. The maximum absolute atomic E-state index is 9.99. The van der Waals surface area contributed by atoms with E-state index in [1.807, 2.05) is 0 Å². The van der Waals surface area contributed by atoms with Crippen molar-refractivity contribution in [2.75, 3.05) is 13.2 Å². The van der Waals surface area contributed by atoms with Crippen LogP contribution in [0, 0.1) is 0 Å². The van der Waals surface area contributed by atoms with Crippen molar-refractivity contribution < 1.29 is 16.8 Å². The molecule has 0 atom stereocenters. The first kappa shape index (κ1) is 8.47. The summed E-state index contributed by atoms with van der Waals surface area (Å²) in [5.41, 5.74) is 0. The fourth-order valence-electron chi connectivity index (χ4n) is 0.306. The Bertz CT molecular complexity index is 137. The summed E-state index contributed by atoms with van der Waals surface area (Å²) >= 11 is 0. The molecule has 0 aromatic rings. The molecule has 8 heavy (non-hydrogen) atoms. The molecule has 0 amide bonds. The van der Waals surface area contributed by atoms with Crippen molar-refractivity contribution in [1.82, 2.24) is 0 Å². The van der Waals surface area contributed by atoms with Gasteiger partial charge in [-0.2, -0.15) is 8.42 Å². The minimum absolute atomic E-state index is 0. The molecule has 1 fully saturated rings. The van der Waals surface area contributed by atoms with E-state index in [0.717, 1.165) is 0 Å². The standard InChI is InChI=1S/C2H4O4S.Li.H/c3-7(4)5-1-2-6-7;;/h1-2H2;;. The van der Waals surface area contributed by atoms with Crippen molar-refractivity contribution in [3.63, 3.8) is 0 Å². The third-order valence-corrected chi connectivity index (χ3v) is 1.45. The van der Waals surface area contributed by atoms with E-state index in [9.17, 15) is 8.42 Å². The van der Waals surface area contributed by atoms with Crippen LogP contribution in [0.5, 0.6) is 0 Å². The van der Waals surface area contributed by atoms with Crippen molar-refractivity contribution in [3.8, 4) is 0 Å². The van der Waals surface area contributed by atoms with Crippen LogP contribution in [0.3, 0.4) is 0 Å². The topological polar surface area (TPSA) is 52.6 Å². The summed E-state index contributed by atoms with van der Waals surface area (Å²) < 4.78 is 28.2. The molecule has 1 saturated heterocycles. The summed E-state index contributed by atoms with van der Waals surface area (Å²) in [7, 11) is -3.55. The van der Waals surface area contributed by atoms with Crippen LogP contribution in [0.25, 0.3) is 0 Å². The van der Waals surface area contributed by atoms with Gasteiger partial charge in [0.15, 0.2) is 0 Å². The van der Waals surface area contributed by atoms with E-state index >= 15 is 0 Å². The Hall–Kier alpha value is 0.467. The second-order valence-electron chi connectivity index (χ2n) is 1.05. The van der Waals surface area contributed by atoms with Crippen LogP contribution in [0.15, 0.2) is 0 Å². The molecule has 0 aliphatic carbocycles. The van der Waals surface area contributed by atoms with E-state index in [1.54, 1.807) is 0 Å². The summed E-state index contributed by atoms with van der Waals surface area (Å²) in [6.45, 7) is 0.310. The molecule has 0 saturated carbocycles. The van der Waals surface area contributed by atoms with Gasteiger partial charge >= 0.3 is 29.3 Å². The summed E-state index contributed by atoms with van der Waals surface area (Å²) in [4.78, 5) is 0. The van der Waals surface area contributed by atoms with Crippen LogP contribution < -0.4 is 0 Å². The predicted molar refractivity (Wildman–Crippen MR) is 28.0 cm³/mol. The molecule has 1 aliphatic rings. The SMILES string of the molecule is O=S1(=O)OCCO1.[LiH]. The Morgan fingerprint density at radius 2 is 1.50 bits per heavy atom. The van der Waals surface area contributed by atoms with Crippen LogP contribution >= 0.6 is 0 Å². The molecule has 0 N–H and O–H groups in total. The number of hydrogen-bond donors (Lipinski definition) is 0. The van der Waals surface area contributed by atoms with Crippen LogP contribution in [0.2, 0.25) is 0 Å². The van der Waals surface area contributed by atoms with Crippen LogP contribution in [0.1, 0.15) is 0 Å². The molecular formula is C2H5LiO4S. The van der Waals surface area contributed by atoms with Gasteiger partial charge in [0, 0.05) is 0 Å². The number of rotatable bonds is 0. The van der Waals surface area contributed by atoms with Gasteiger partial charge in [-0.3, -0.25) is 0 Å². The zero-order valence-corrected chi connectivity index (χ0v) is 4.27. The Kier molecular flexibility index (Phi) is 3.02. The van der Waals surface area contributed by atoms with E-state index in [2.05, 4.69) is 8.37 Å². The molecular weight excluding hydrogens is 127 g/mol. The van der Waals surface area contributed by atoms with Crippen molar-refractivity contribution in [1.29, 1.82) is 0 Å². The minimum atomic E-state index is -3.55. The summed E-state index contributed by atoms with van der Waals surface area (Å²) in [6, 6.07) is 0. The van der Waals surface area contributed by atoms with E-state index in [0.29, 0.717) is 0 Å². The fraction of sp³-hybridized carbons (Fsp3) is 1.00. The first-order chi connectivity index (χ1) is 3.21. The Morgan fingerprint density at radius 1 is 1.12 bits per heavy atom. The van der Waals surface area contributed by atoms with Crippen LogP contribution in [0.4, 0.5) is 0 Å². The molecule has 0 aromatic carbocycles. The maximum atomic E-state index is 9.99. The Labute approximate surface area is 59.7 Å². The van der Waals surface area contributed by atoms with Gasteiger partial charge in [-0.25, -0.2) is 8.37 Å². The summed E-state index contributed by atoms with van der Waals surface area (Å²) in [6.07, 6.45) is 0. The number of hydrogen-bond acceptors (Lipinski definition) is 4. The fourth-order valence-corrected chi connectivity index (χ4v) is 0.919. The van der Waals surface area contributed by atoms with Crippen molar-refractivity contribution >= 4 is 29.3 Å². The van der Waals surface area contributed by atoms with Crippen molar-refractivity contribution in [2.24, 2.45) is 0 Å². The first-order valence-electron chi connectivity index (χ1n) is 1.74. The van der Waals surface area contributed by atoms with E-state index < -0.39 is 10.4 Å². The molecule has 1 rings (SSSR count). The van der Waals surface area contributed by atoms with Crippen LogP contribution in [-0.4, -0.2) is 40.5 Å². The van der Waals surface area contributed by atoms with Gasteiger partial charge in [0.1, 0.15) is 0 Å². The van der Waals surface area contributed by atoms with E-state index in [-0.39, 0.29) is 32.1 Å². The van der Waals surface area contributed by atoms with Crippen molar-refractivity contribution in [3.05, 3.63) is 0 Å². The Balaban J connectivity index is 0.000000490. The molecule has 0 spiro atoms. The first-order valence-corrected chi connectivity index (χ1v) is 3.08. The second-order valence-corrected chi connectivity index (χ2v) is 2.34. The van der Waals surface area contributed by atoms with Gasteiger partial charge in [-0.15, -0.1) is 0 Å². The third-order valence-electron chi connectivity index (χ3n) is 0.539. The molecule has 0 unspecified atom stereocenters. The van der Waals surface area contributed by atoms with Gasteiger partial charge in [0.2, 0.25) is 0 Å². The van der Waals surface area contributed by atoms with Gasteiger partial charge < -0.3 is 0 Å². The normalized spacial score (nSPS) is 24.5. The van der Waals surface area contributed by atoms with Gasteiger partial charge in [0.25, 0.3) is 0 Å². The molecule has 6 heteroatoms. The quantitative estimate of drug-likeness (QED) is 0.381. The zero-order valence-electron chi connectivity index (χ0n) is 3.46. The van der Waals surface area contributed by atoms with Crippen molar-refractivity contribution in [2.45, 2.75) is 0 Å². The second kappa shape index (κ2) is 2.85. The molecule has 4 nitrogen and oxygen atoms in total. The molecule has 0 aromatic heterocycles. The monoisotopic (exact) mass is 132 g/mol. The van der Waals surface area contributed by atoms with Gasteiger partial charge in [-0.1, -0.05) is 0 Å². The summed E-state index contributed by atoms with van der Waals surface area (Å²) in [5, 5.41) is 0. The average molecular weight is 132 g/mol. The molecule has 1 heterocycles. The molecule has 0 radical (unpaired) electrons. The molecule has 44 valence electrons. The van der Waals surface area contributed by atoms with Gasteiger partial charge in [0.05, 0.1) is 13.2 Å². The van der Waals surface area contributed by atoms with Gasteiger partial charge in [-0.05, 0) is 0 Å².